The van der Waals surface area contributed by atoms with Crippen molar-refractivity contribution in [1.29, 1.82) is 0 Å². The number of methoxy groups -OCH3 is 2. The third kappa shape index (κ3) is 8.71. The molecule has 0 aromatic heterocycles. The van der Waals surface area contributed by atoms with Crippen LogP contribution < -0.4 is 0 Å². The largest absolute Gasteiger partial charge is 0.483 e. The van der Waals surface area contributed by atoms with Gasteiger partial charge in [0, 0.05) is 0 Å². The lowest BCUT2D eigenvalue weighted by atomic mass is 10.0. The average molecular weight is 359 g/mol. The molecular weight excluding hydrogens is 332 g/mol. The van der Waals surface area contributed by atoms with Gasteiger partial charge in [0.2, 0.25) is 11.8 Å². The molecule has 1 unspecified atom stereocenters. The monoisotopic (exact) mass is 358 g/mol. The molecule has 1 atom stereocenters. The van der Waals surface area contributed by atoms with Crippen LogP contribution in [0.25, 0.3) is 0 Å². The van der Waals surface area contributed by atoms with Gasteiger partial charge in [-0.3, -0.25) is 0 Å². The molecule has 4 nitrogen and oxygen atoms in total. The summed E-state index contributed by atoms with van der Waals surface area (Å²) in [7, 11) is 3.24. The molecule has 0 saturated carbocycles. The molecule has 0 amide bonds. The van der Waals surface area contributed by atoms with Crippen molar-refractivity contribution < 1.29 is 9.47 Å². The van der Waals surface area contributed by atoms with E-state index in [0.29, 0.717) is 24.3 Å². The van der Waals surface area contributed by atoms with Gasteiger partial charge in [0.1, 0.15) is 12.6 Å². The van der Waals surface area contributed by atoms with Crippen LogP contribution in [0.4, 0.5) is 0 Å². The highest BCUT2D eigenvalue weighted by Gasteiger charge is 2.24. The van der Waals surface area contributed by atoms with Crippen molar-refractivity contribution in [2.75, 3.05) is 20.8 Å². The summed E-state index contributed by atoms with van der Waals surface area (Å²) in [5.74, 6) is 1.76. The predicted molar refractivity (Wildman–Crippen MR) is 94.5 cm³/mol. The predicted octanol–water partition coefficient (Wildman–Crippen LogP) is 4.37. The smallest absolute Gasteiger partial charge is 0.209 e. The first-order valence-corrected chi connectivity index (χ1v) is 7.77. The van der Waals surface area contributed by atoms with Crippen molar-refractivity contribution in [3.8, 4) is 0 Å². The first-order chi connectivity index (χ1) is 9.81. The molecule has 1 rings (SSSR count). The van der Waals surface area contributed by atoms with Gasteiger partial charge in [0.25, 0.3) is 0 Å². The van der Waals surface area contributed by atoms with E-state index in [-0.39, 0.29) is 6.04 Å². The Kier molecular flexibility index (Phi) is 10.0. The van der Waals surface area contributed by atoms with Crippen molar-refractivity contribution in [3.05, 3.63) is 22.2 Å². The van der Waals surface area contributed by atoms with E-state index in [9.17, 15) is 0 Å². The second-order valence-corrected chi connectivity index (χ2v) is 6.52. The van der Waals surface area contributed by atoms with E-state index in [1.54, 1.807) is 14.2 Å². The Hall–Kier alpha value is -1.10. The Labute approximate surface area is 137 Å². The zero-order valence-corrected chi connectivity index (χ0v) is 15.7. The van der Waals surface area contributed by atoms with Gasteiger partial charge >= 0.3 is 0 Å². The molecule has 1 heterocycles. The summed E-state index contributed by atoms with van der Waals surface area (Å²) in [5.41, 5.74) is 1.32. The molecule has 0 aromatic carbocycles. The van der Waals surface area contributed by atoms with Gasteiger partial charge in [-0.2, -0.15) is 0 Å². The number of allylic oxidation sites excluding steroid dienone is 4. The summed E-state index contributed by atoms with van der Waals surface area (Å²) in [5, 5.41) is 0. The quantitative estimate of drug-likeness (QED) is 0.688. The second-order valence-electron chi connectivity index (χ2n) is 5.27. The maximum Gasteiger partial charge on any atom is 0.209 e. The minimum Gasteiger partial charge on any atom is -0.483 e. The van der Waals surface area contributed by atoms with E-state index in [1.165, 1.54) is 10.1 Å². The standard InChI is InChI=1S/C9H16N2O2.C7H11Br/c1-6(2)8-9(13-4)10-5-7(11-8)12-3;1-6(2)4-5-7(3)8/h6,8H,5H2,1-4H3;4-5H,1-3H3/b;7-5+. The number of nitrogens with zero attached hydrogens (tertiary/aromatic N) is 2. The number of hydrogen-bond donors (Lipinski definition) is 0. The van der Waals surface area contributed by atoms with Crippen LogP contribution in [0.1, 0.15) is 34.6 Å². The summed E-state index contributed by atoms with van der Waals surface area (Å²) in [6.07, 6.45) is 4.11. The Balaban J connectivity index is 0.000000433. The Morgan fingerprint density at radius 2 is 1.81 bits per heavy atom. The molecule has 0 saturated heterocycles. The molecule has 0 radical (unpaired) electrons. The Morgan fingerprint density at radius 3 is 2.14 bits per heavy atom. The first-order valence-electron chi connectivity index (χ1n) is 6.98. The zero-order valence-electron chi connectivity index (χ0n) is 14.1. The minimum atomic E-state index is 0.00806. The molecule has 120 valence electrons. The van der Waals surface area contributed by atoms with E-state index in [0.717, 1.165) is 0 Å². The average Bonchev–Trinajstić information content (AvgIpc) is 2.45. The fourth-order valence-corrected chi connectivity index (χ4v) is 1.64. The van der Waals surface area contributed by atoms with Crippen molar-refractivity contribution in [1.82, 2.24) is 0 Å². The fraction of sp³-hybridized carbons (Fsp3) is 0.625. The normalized spacial score (nSPS) is 18.1. The topological polar surface area (TPSA) is 43.2 Å². The molecule has 0 fully saturated rings. The lowest BCUT2D eigenvalue weighted by Crippen LogP contribution is -2.32. The van der Waals surface area contributed by atoms with Gasteiger partial charge in [0.05, 0.1) is 14.2 Å². The first kappa shape index (κ1) is 19.9. The highest BCUT2D eigenvalue weighted by molar-refractivity contribution is 9.11. The SMILES string of the molecule is CC(C)=C/C=C(\C)Br.COC1=NC(C(C)C)C(OC)=NC1. The van der Waals surface area contributed by atoms with E-state index >= 15 is 0 Å². The number of rotatable bonds is 2. The van der Waals surface area contributed by atoms with Gasteiger partial charge in [0.15, 0.2) is 0 Å². The van der Waals surface area contributed by atoms with Crippen molar-refractivity contribution in [2.24, 2.45) is 15.9 Å². The molecule has 1 aliphatic heterocycles. The summed E-state index contributed by atoms with van der Waals surface area (Å²) in [6.45, 7) is 10.8. The van der Waals surface area contributed by atoms with Crippen molar-refractivity contribution >= 4 is 27.7 Å². The maximum absolute atomic E-state index is 5.15. The highest BCUT2D eigenvalue weighted by atomic mass is 79.9. The summed E-state index contributed by atoms with van der Waals surface area (Å²) >= 11 is 3.32. The second kappa shape index (κ2) is 10.6. The Morgan fingerprint density at radius 1 is 1.19 bits per heavy atom. The van der Waals surface area contributed by atoms with Crippen LogP contribution in [0.5, 0.6) is 0 Å². The molecule has 5 heteroatoms. The van der Waals surface area contributed by atoms with Crippen LogP contribution in [0, 0.1) is 5.92 Å². The Bertz CT molecular complexity index is 414. The van der Waals surface area contributed by atoms with Crippen LogP contribution in [0.15, 0.2) is 32.2 Å². The van der Waals surface area contributed by atoms with Gasteiger partial charge in [-0.05, 0) is 31.2 Å². The molecule has 0 bridgehead atoms. The van der Waals surface area contributed by atoms with Crippen LogP contribution >= 0.6 is 15.9 Å². The van der Waals surface area contributed by atoms with Crippen LogP contribution in [0.2, 0.25) is 0 Å². The summed E-state index contributed by atoms with van der Waals surface area (Å²) < 4.78 is 11.4. The number of halogens is 1. The van der Waals surface area contributed by atoms with Crippen molar-refractivity contribution in [2.45, 2.75) is 40.7 Å². The molecule has 0 aliphatic carbocycles. The fourth-order valence-electron chi connectivity index (χ4n) is 1.51. The van der Waals surface area contributed by atoms with E-state index in [4.69, 9.17) is 9.47 Å². The number of ether oxygens (including phenoxy) is 2. The highest BCUT2D eigenvalue weighted by Crippen LogP contribution is 2.13. The summed E-state index contributed by atoms with van der Waals surface area (Å²) in [4.78, 5) is 8.63. The minimum absolute atomic E-state index is 0.00806. The van der Waals surface area contributed by atoms with Gasteiger partial charge in [-0.1, -0.05) is 47.5 Å². The van der Waals surface area contributed by atoms with E-state index in [1.807, 2.05) is 13.0 Å². The molecular formula is C16H27BrN2O2. The molecule has 0 aromatic rings. The molecule has 1 aliphatic rings. The zero-order chi connectivity index (χ0) is 16.4. The third-order valence-corrected chi connectivity index (χ3v) is 2.89. The van der Waals surface area contributed by atoms with Crippen LogP contribution in [0.3, 0.4) is 0 Å². The van der Waals surface area contributed by atoms with Crippen LogP contribution in [-0.2, 0) is 9.47 Å². The molecule has 0 spiro atoms. The van der Waals surface area contributed by atoms with Gasteiger partial charge in [-0.15, -0.1) is 0 Å². The summed E-state index contributed by atoms with van der Waals surface area (Å²) in [6, 6.07) is 0.00806. The lowest BCUT2D eigenvalue weighted by molar-refractivity contribution is 0.344. The number of hydrogen-bond acceptors (Lipinski definition) is 4. The van der Waals surface area contributed by atoms with Crippen molar-refractivity contribution in [3.63, 3.8) is 0 Å². The molecule has 21 heavy (non-hydrogen) atoms. The lowest BCUT2D eigenvalue weighted by Gasteiger charge is -2.22. The maximum atomic E-state index is 5.15. The van der Waals surface area contributed by atoms with E-state index in [2.05, 4.69) is 59.7 Å². The molecule has 0 N–H and O–H groups in total. The van der Waals surface area contributed by atoms with E-state index < -0.39 is 0 Å². The van der Waals surface area contributed by atoms with Gasteiger partial charge < -0.3 is 9.47 Å². The van der Waals surface area contributed by atoms with Crippen LogP contribution in [-0.4, -0.2) is 38.6 Å². The number of aliphatic imine (C=N–C) groups is 2. The van der Waals surface area contributed by atoms with Gasteiger partial charge in [-0.25, -0.2) is 9.98 Å². The third-order valence-electron chi connectivity index (χ3n) is 2.63.